The maximum atomic E-state index is 11.5. The first kappa shape index (κ1) is 8.69. The molecule has 0 radical (unpaired) electrons. The molecule has 1 heterocycles. The van der Waals surface area contributed by atoms with Crippen LogP contribution in [0.4, 0.5) is 0 Å². The third kappa shape index (κ3) is 1.16. The molecule has 2 aliphatic rings. The van der Waals surface area contributed by atoms with Gasteiger partial charge >= 0.3 is 0 Å². The van der Waals surface area contributed by atoms with E-state index < -0.39 is 0 Å². The zero-order valence-corrected chi connectivity index (χ0v) is 7.56. The van der Waals surface area contributed by atoms with Crippen LogP contribution in [0.5, 0.6) is 0 Å². The molecule has 1 N–H and O–H groups in total. The summed E-state index contributed by atoms with van der Waals surface area (Å²) in [5.41, 5.74) is 0. The highest BCUT2D eigenvalue weighted by Crippen LogP contribution is 2.50. The Morgan fingerprint density at radius 1 is 1.69 bits per heavy atom. The first-order valence-corrected chi connectivity index (χ1v) is 4.58. The number of nitrogens with zero attached hydrogens (tertiary/aromatic N) is 1. The summed E-state index contributed by atoms with van der Waals surface area (Å²) >= 11 is 0. The Morgan fingerprint density at radius 3 is 2.92 bits per heavy atom. The lowest BCUT2D eigenvalue weighted by molar-refractivity contribution is -0.136. The fourth-order valence-corrected chi connectivity index (χ4v) is 2.31. The number of amides is 1. The minimum absolute atomic E-state index is 0.0480. The minimum Gasteiger partial charge on any atom is -0.395 e. The minimum atomic E-state index is -0.246. The monoisotopic (exact) mass is 183 g/mol. The summed E-state index contributed by atoms with van der Waals surface area (Å²) in [6.07, 6.45) is 0.866. The quantitative estimate of drug-likeness (QED) is 0.636. The van der Waals surface area contributed by atoms with E-state index in [2.05, 4.69) is 0 Å². The topological polar surface area (TPSA) is 57.6 Å². The van der Waals surface area contributed by atoms with E-state index in [1.54, 1.807) is 0 Å². The van der Waals surface area contributed by atoms with E-state index in [1.807, 2.05) is 0 Å². The average molecular weight is 183 g/mol. The smallest absolute Gasteiger partial charge is 0.226 e. The third-order valence-electron chi connectivity index (χ3n) is 2.94. The predicted octanol–water partition coefficient (Wildman–Crippen LogP) is -0.585. The maximum Gasteiger partial charge on any atom is 0.226 e. The van der Waals surface area contributed by atoms with E-state index in [0.717, 1.165) is 6.42 Å². The summed E-state index contributed by atoms with van der Waals surface area (Å²) in [4.78, 5) is 24.3. The van der Waals surface area contributed by atoms with Gasteiger partial charge in [-0.1, -0.05) is 0 Å². The van der Waals surface area contributed by atoms with Crippen LogP contribution in [0.25, 0.3) is 0 Å². The van der Waals surface area contributed by atoms with Gasteiger partial charge in [-0.15, -0.1) is 0 Å². The van der Waals surface area contributed by atoms with Crippen LogP contribution in [-0.4, -0.2) is 40.9 Å². The van der Waals surface area contributed by atoms with Crippen LogP contribution < -0.4 is 0 Å². The number of ketones is 1. The van der Waals surface area contributed by atoms with Crippen molar-refractivity contribution in [1.82, 2.24) is 4.90 Å². The standard InChI is InChI=1S/C9H13NO3/c1-5(12)8-6-4-7(6)9(13)10(8)2-3-11/h6-8,11H,2-4H2,1H3/t6-,7+,8+/m0/s1. The second kappa shape index (κ2) is 2.80. The van der Waals surface area contributed by atoms with Crippen LogP contribution in [0.3, 0.4) is 0 Å². The van der Waals surface area contributed by atoms with Crippen molar-refractivity contribution < 1.29 is 14.7 Å². The average Bonchev–Trinajstić information content (AvgIpc) is 2.77. The molecule has 0 spiro atoms. The number of aliphatic hydroxyl groups is 1. The normalized spacial score (nSPS) is 36.3. The zero-order valence-electron chi connectivity index (χ0n) is 7.56. The van der Waals surface area contributed by atoms with Gasteiger partial charge in [-0.25, -0.2) is 0 Å². The Balaban J connectivity index is 2.14. The SMILES string of the molecule is CC(=O)[C@@H]1[C@H]2C[C@H]2C(=O)N1CCO. The summed E-state index contributed by atoms with van der Waals surface area (Å²) in [6, 6.07) is -0.246. The van der Waals surface area contributed by atoms with Gasteiger partial charge in [0.15, 0.2) is 5.78 Å². The molecule has 1 saturated carbocycles. The summed E-state index contributed by atoms with van der Waals surface area (Å²) in [5.74, 6) is 0.433. The van der Waals surface area contributed by atoms with Crippen LogP contribution in [0.15, 0.2) is 0 Å². The summed E-state index contributed by atoms with van der Waals surface area (Å²) in [7, 11) is 0. The van der Waals surface area contributed by atoms with Gasteiger partial charge in [-0.2, -0.15) is 0 Å². The molecule has 0 unspecified atom stereocenters. The van der Waals surface area contributed by atoms with Crippen molar-refractivity contribution in [1.29, 1.82) is 0 Å². The van der Waals surface area contributed by atoms with Gasteiger partial charge in [0, 0.05) is 12.5 Å². The van der Waals surface area contributed by atoms with E-state index in [-0.39, 0.29) is 36.2 Å². The lowest BCUT2D eigenvalue weighted by atomic mass is 10.1. The number of aliphatic hydroxyl groups excluding tert-OH is 1. The first-order valence-electron chi connectivity index (χ1n) is 4.58. The van der Waals surface area contributed by atoms with Crippen molar-refractivity contribution in [2.75, 3.05) is 13.2 Å². The predicted molar refractivity (Wildman–Crippen MR) is 44.9 cm³/mol. The van der Waals surface area contributed by atoms with Gasteiger partial charge in [0.2, 0.25) is 5.91 Å². The number of carbonyl (C=O) groups is 2. The summed E-state index contributed by atoms with van der Waals surface area (Å²) < 4.78 is 0. The van der Waals surface area contributed by atoms with Crippen LogP contribution >= 0.6 is 0 Å². The maximum absolute atomic E-state index is 11.5. The number of carbonyl (C=O) groups excluding carboxylic acids is 2. The van der Waals surface area contributed by atoms with Crippen molar-refractivity contribution in [2.24, 2.45) is 11.8 Å². The fraction of sp³-hybridized carbons (Fsp3) is 0.778. The second-order valence-corrected chi connectivity index (χ2v) is 3.82. The van der Waals surface area contributed by atoms with Crippen molar-refractivity contribution in [3.63, 3.8) is 0 Å². The second-order valence-electron chi connectivity index (χ2n) is 3.82. The van der Waals surface area contributed by atoms with E-state index >= 15 is 0 Å². The number of piperidine rings is 1. The Hall–Kier alpha value is -0.900. The molecule has 4 nitrogen and oxygen atoms in total. The first-order chi connectivity index (χ1) is 6.16. The molecule has 72 valence electrons. The van der Waals surface area contributed by atoms with Crippen LogP contribution in [0.2, 0.25) is 0 Å². The van der Waals surface area contributed by atoms with Crippen LogP contribution in [-0.2, 0) is 9.59 Å². The molecular formula is C9H13NO3. The van der Waals surface area contributed by atoms with E-state index in [4.69, 9.17) is 5.11 Å². The number of hydrogen-bond donors (Lipinski definition) is 1. The lowest BCUT2D eigenvalue weighted by Crippen LogP contribution is -2.42. The lowest BCUT2D eigenvalue weighted by Gasteiger charge is -2.24. The molecule has 2 fully saturated rings. The number of likely N-dealkylation sites (tertiary alicyclic amines) is 1. The molecule has 4 heteroatoms. The van der Waals surface area contributed by atoms with Gasteiger partial charge in [0.25, 0.3) is 0 Å². The molecule has 0 aromatic heterocycles. The van der Waals surface area contributed by atoms with E-state index in [1.165, 1.54) is 11.8 Å². The van der Waals surface area contributed by atoms with Gasteiger partial charge in [-0.3, -0.25) is 9.59 Å². The number of fused-ring (bicyclic) bond motifs is 1. The highest BCUT2D eigenvalue weighted by Gasteiger charge is 2.59. The number of Topliss-reactive ketones (excluding diaryl/α,β-unsaturated/α-hetero) is 1. The van der Waals surface area contributed by atoms with Crippen LogP contribution in [0.1, 0.15) is 13.3 Å². The Bertz CT molecular complexity index is 264. The van der Waals surface area contributed by atoms with Crippen molar-refractivity contribution in [2.45, 2.75) is 19.4 Å². The molecule has 0 aromatic rings. The molecule has 3 atom stereocenters. The Labute approximate surface area is 76.5 Å². The van der Waals surface area contributed by atoms with Crippen molar-refractivity contribution in [3.05, 3.63) is 0 Å². The van der Waals surface area contributed by atoms with Crippen molar-refractivity contribution in [3.8, 4) is 0 Å². The molecule has 13 heavy (non-hydrogen) atoms. The summed E-state index contributed by atoms with van der Waals surface area (Å²) in [5, 5.41) is 8.74. The molecule has 2 rings (SSSR count). The van der Waals surface area contributed by atoms with E-state index in [0.29, 0.717) is 6.54 Å². The highest BCUT2D eigenvalue weighted by molar-refractivity contribution is 5.95. The number of hydrogen-bond acceptors (Lipinski definition) is 3. The largest absolute Gasteiger partial charge is 0.395 e. The van der Waals surface area contributed by atoms with Gasteiger partial charge in [0.1, 0.15) is 0 Å². The van der Waals surface area contributed by atoms with E-state index in [9.17, 15) is 9.59 Å². The van der Waals surface area contributed by atoms with Gasteiger partial charge in [0.05, 0.1) is 12.6 Å². The summed E-state index contributed by atoms with van der Waals surface area (Å²) in [6.45, 7) is 1.76. The molecule has 1 aliphatic heterocycles. The molecule has 1 amide bonds. The van der Waals surface area contributed by atoms with Gasteiger partial charge in [-0.05, 0) is 19.3 Å². The van der Waals surface area contributed by atoms with Gasteiger partial charge < -0.3 is 10.0 Å². The third-order valence-corrected chi connectivity index (χ3v) is 2.94. The molecule has 0 bridgehead atoms. The molecule has 1 aliphatic carbocycles. The number of β-amino-alcohol motifs (C(OH)–C–C–N with tert-alkyl or cyclic N) is 1. The fourth-order valence-electron chi connectivity index (χ4n) is 2.31. The highest BCUT2D eigenvalue weighted by atomic mass is 16.3. The Kier molecular flexibility index (Phi) is 1.87. The molecule has 1 saturated heterocycles. The molecule has 0 aromatic carbocycles. The molecular weight excluding hydrogens is 170 g/mol. The van der Waals surface area contributed by atoms with Crippen molar-refractivity contribution >= 4 is 11.7 Å². The van der Waals surface area contributed by atoms with Crippen LogP contribution in [0, 0.1) is 11.8 Å². The number of rotatable bonds is 3. The zero-order chi connectivity index (χ0) is 9.59. The Morgan fingerprint density at radius 2 is 2.38 bits per heavy atom.